The van der Waals surface area contributed by atoms with Crippen molar-refractivity contribution in [1.29, 1.82) is 0 Å². The lowest BCUT2D eigenvalue weighted by Crippen LogP contribution is -2.36. The van der Waals surface area contributed by atoms with Crippen molar-refractivity contribution < 1.29 is 15.0 Å². The third-order valence-corrected chi connectivity index (χ3v) is 5.85. The zero-order valence-electron chi connectivity index (χ0n) is 17.4. The lowest BCUT2D eigenvalue weighted by molar-refractivity contribution is -0.137. The Labute approximate surface area is 176 Å². The van der Waals surface area contributed by atoms with Crippen LogP contribution in [0.1, 0.15) is 42.0 Å². The van der Waals surface area contributed by atoms with Crippen LogP contribution in [0.15, 0.2) is 36.4 Å². The topological polar surface area (TPSA) is 86.6 Å². The van der Waals surface area contributed by atoms with Gasteiger partial charge in [0.05, 0.1) is 12.1 Å². The van der Waals surface area contributed by atoms with Gasteiger partial charge in [-0.1, -0.05) is 6.07 Å². The van der Waals surface area contributed by atoms with Crippen LogP contribution in [-0.4, -0.2) is 50.7 Å². The number of aromatic nitrogens is 2. The molecule has 30 heavy (non-hydrogen) atoms. The molecule has 1 aromatic carbocycles. The van der Waals surface area contributed by atoms with Gasteiger partial charge in [-0.05, 0) is 74.7 Å². The molecule has 1 unspecified atom stereocenters. The van der Waals surface area contributed by atoms with Gasteiger partial charge in [0.1, 0.15) is 5.75 Å². The van der Waals surface area contributed by atoms with E-state index in [0.717, 1.165) is 53.7 Å². The number of carboxylic acids is 1. The molecule has 1 aliphatic heterocycles. The molecular formula is C24H27N3O3. The molecule has 1 aliphatic rings. The maximum absolute atomic E-state index is 10.9. The van der Waals surface area contributed by atoms with Crippen molar-refractivity contribution in [2.75, 3.05) is 19.6 Å². The predicted molar refractivity (Wildman–Crippen MR) is 117 cm³/mol. The SMILES string of the molecule is Cc1cc(C)c(-c2ccc3ccc(C4CCCN(CCC(=O)O)C4)nc3n2)c(O)c1. The second kappa shape index (κ2) is 8.40. The summed E-state index contributed by atoms with van der Waals surface area (Å²) < 4.78 is 0. The summed E-state index contributed by atoms with van der Waals surface area (Å²) in [6, 6.07) is 11.8. The minimum Gasteiger partial charge on any atom is -0.507 e. The molecule has 6 heteroatoms. The van der Waals surface area contributed by atoms with Crippen LogP contribution in [0.25, 0.3) is 22.3 Å². The van der Waals surface area contributed by atoms with Crippen LogP contribution in [0.5, 0.6) is 5.75 Å². The summed E-state index contributed by atoms with van der Waals surface area (Å²) in [7, 11) is 0. The van der Waals surface area contributed by atoms with Crippen molar-refractivity contribution >= 4 is 17.0 Å². The number of carbonyl (C=O) groups is 1. The van der Waals surface area contributed by atoms with E-state index in [2.05, 4.69) is 11.0 Å². The fraction of sp³-hybridized carbons (Fsp3) is 0.375. The number of benzene rings is 1. The number of piperidine rings is 1. The minimum absolute atomic E-state index is 0.169. The number of fused-ring (bicyclic) bond motifs is 1. The molecule has 6 nitrogen and oxygen atoms in total. The fourth-order valence-electron chi connectivity index (χ4n) is 4.41. The number of rotatable bonds is 5. The summed E-state index contributed by atoms with van der Waals surface area (Å²) in [6.07, 6.45) is 2.25. The Balaban J connectivity index is 1.63. The van der Waals surface area contributed by atoms with Gasteiger partial charge >= 0.3 is 5.97 Å². The van der Waals surface area contributed by atoms with Gasteiger partial charge in [-0.25, -0.2) is 9.97 Å². The Morgan fingerprint density at radius 2 is 1.97 bits per heavy atom. The molecule has 3 aromatic rings. The Bertz CT molecular complexity index is 1070. The quantitative estimate of drug-likeness (QED) is 0.659. The zero-order valence-corrected chi connectivity index (χ0v) is 17.4. The first kappa shape index (κ1) is 20.3. The molecule has 2 N–H and O–H groups in total. The van der Waals surface area contributed by atoms with Gasteiger partial charge in [-0.15, -0.1) is 0 Å². The van der Waals surface area contributed by atoms with Gasteiger partial charge in [0.25, 0.3) is 0 Å². The number of hydrogen-bond acceptors (Lipinski definition) is 5. The molecular weight excluding hydrogens is 378 g/mol. The maximum atomic E-state index is 10.9. The monoisotopic (exact) mass is 405 g/mol. The Kier molecular flexibility index (Phi) is 5.68. The largest absolute Gasteiger partial charge is 0.507 e. The highest BCUT2D eigenvalue weighted by Crippen LogP contribution is 2.33. The summed E-state index contributed by atoms with van der Waals surface area (Å²) in [5.41, 5.74) is 5.13. The molecule has 0 saturated carbocycles. The number of pyridine rings is 2. The van der Waals surface area contributed by atoms with E-state index in [1.54, 1.807) is 6.07 Å². The van der Waals surface area contributed by atoms with Gasteiger partial charge in [0, 0.05) is 35.7 Å². The maximum Gasteiger partial charge on any atom is 0.304 e. The molecule has 0 aliphatic carbocycles. The summed E-state index contributed by atoms with van der Waals surface area (Å²) in [5, 5.41) is 20.4. The van der Waals surface area contributed by atoms with E-state index >= 15 is 0 Å². The van der Waals surface area contributed by atoms with E-state index in [4.69, 9.17) is 15.1 Å². The average Bonchev–Trinajstić information content (AvgIpc) is 2.71. The Morgan fingerprint density at radius 3 is 2.73 bits per heavy atom. The normalized spacial score (nSPS) is 17.3. The average molecular weight is 405 g/mol. The van der Waals surface area contributed by atoms with Crippen LogP contribution < -0.4 is 0 Å². The van der Waals surface area contributed by atoms with E-state index < -0.39 is 5.97 Å². The number of aryl methyl sites for hydroxylation is 2. The van der Waals surface area contributed by atoms with Crippen LogP contribution in [-0.2, 0) is 4.79 Å². The molecule has 156 valence electrons. The number of aromatic hydroxyl groups is 1. The van der Waals surface area contributed by atoms with Crippen LogP contribution in [0.3, 0.4) is 0 Å². The van der Waals surface area contributed by atoms with E-state index in [1.165, 1.54) is 0 Å². The molecule has 1 atom stereocenters. The fourth-order valence-corrected chi connectivity index (χ4v) is 4.41. The number of carboxylic acid groups (broad SMARTS) is 1. The highest BCUT2D eigenvalue weighted by Gasteiger charge is 2.23. The number of aliphatic carboxylic acids is 1. The van der Waals surface area contributed by atoms with Crippen molar-refractivity contribution in [3.05, 3.63) is 53.2 Å². The Hall–Kier alpha value is -2.99. The smallest absolute Gasteiger partial charge is 0.304 e. The number of nitrogens with zero attached hydrogens (tertiary/aromatic N) is 3. The zero-order chi connectivity index (χ0) is 21.3. The first-order valence-corrected chi connectivity index (χ1v) is 10.4. The number of likely N-dealkylation sites (tertiary alicyclic amines) is 1. The number of phenols is 1. The molecule has 0 spiro atoms. The van der Waals surface area contributed by atoms with E-state index in [1.807, 2.05) is 38.1 Å². The second-order valence-corrected chi connectivity index (χ2v) is 8.24. The van der Waals surface area contributed by atoms with Crippen molar-refractivity contribution in [3.63, 3.8) is 0 Å². The van der Waals surface area contributed by atoms with Gasteiger partial charge in [-0.2, -0.15) is 0 Å². The standard InChI is InChI=1S/C24H27N3O3/c1-15-12-16(2)23(21(28)13-15)20-8-6-17-5-7-19(25-24(17)26-20)18-4-3-10-27(14-18)11-9-22(29)30/h5-8,12-13,18,28H,3-4,9-11,14H2,1-2H3,(H,29,30). The minimum atomic E-state index is -0.757. The molecule has 1 fully saturated rings. The molecule has 0 amide bonds. The van der Waals surface area contributed by atoms with Crippen molar-refractivity contribution in [3.8, 4) is 17.0 Å². The summed E-state index contributed by atoms with van der Waals surface area (Å²) in [4.78, 5) is 22.7. The van der Waals surface area contributed by atoms with Gasteiger partial charge in [0.2, 0.25) is 0 Å². The van der Waals surface area contributed by atoms with Crippen LogP contribution >= 0.6 is 0 Å². The second-order valence-electron chi connectivity index (χ2n) is 8.24. The molecule has 2 aromatic heterocycles. The summed E-state index contributed by atoms with van der Waals surface area (Å²) in [6.45, 7) is 6.27. The lowest BCUT2D eigenvalue weighted by atomic mass is 9.94. The van der Waals surface area contributed by atoms with Crippen LogP contribution in [0.4, 0.5) is 0 Å². The number of phenolic OH excluding ortho intramolecular Hbond substituents is 1. The highest BCUT2D eigenvalue weighted by atomic mass is 16.4. The first-order chi connectivity index (χ1) is 14.4. The van der Waals surface area contributed by atoms with Crippen molar-refractivity contribution in [2.24, 2.45) is 0 Å². The van der Waals surface area contributed by atoms with E-state index in [9.17, 15) is 9.90 Å². The highest BCUT2D eigenvalue weighted by molar-refractivity contribution is 5.81. The van der Waals surface area contributed by atoms with Crippen molar-refractivity contribution in [2.45, 2.75) is 39.0 Å². The molecule has 0 radical (unpaired) electrons. The predicted octanol–water partition coefficient (Wildman–Crippen LogP) is 4.27. The lowest BCUT2D eigenvalue weighted by Gasteiger charge is -2.32. The third-order valence-electron chi connectivity index (χ3n) is 5.85. The van der Waals surface area contributed by atoms with Crippen LogP contribution in [0, 0.1) is 13.8 Å². The first-order valence-electron chi connectivity index (χ1n) is 10.4. The molecule has 1 saturated heterocycles. The Morgan fingerprint density at radius 1 is 1.17 bits per heavy atom. The van der Waals surface area contributed by atoms with Gasteiger partial charge < -0.3 is 15.1 Å². The molecule has 0 bridgehead atoms. The third kappa shape index (κ3) is 4.28. The van der Waals surface area contributed by atoms with Gasteiger partial charge in [-0.3, -0.25) is 4.79 Å². The molecule has 3 heterocycles. The number of hydrogen-bond donors (Lipinski definition) is 2. The van der Waals surface area contributed by atoms with Gasteiger partial charge in [0.15, 0.2) is 5.65 Å². The summed E-state index contributed by atoms with van der Waals surface area (Å²) in [5.74, 6) is -0.249. The summed E-state index contributed by atoms with van der Waals surface area (Å²) >= 11 is 0. The van der Waals surface area contributed by atoms with E-state index in [0.29, 0.717) is 17.9 Å². The van der Waals surface area contributed by atoms with E-state index in [-0.39, 0.29) is 18.1 Å². The molecule has 4 rings (SSSR count). The van der Waals surface area contributed by atoms with Crippen LogP contribution in [0.2, 0.25) is 0 Å². The van der Waals surface area contributed by atoms with Crippen molar-refractivity contribution in [1.82, 2.24) is 14.9 Å².